The number of nitrogens with zero attached hydrogens (tertiary/aromatic N) is 2. The Hall–Kier alpha value is -2.37. The molecule has 0 saturated heterocycles. The van der Waals surface area contributed by atoms with Gasteiger partial charge in [0.1, 0.15) is 5.75 Å². The summed E-state index contributed by atoms with van der Waals surface area (Å²) < 4.78 is 15.5. The Morgan fingerprint density at radius 3 is 3.00 bits per heavy atom. The molecule has 3 rings (SSSR count). The molecular weight excluding hydrogens is 308 g/mol. The van der Waals surface area contributed by atoms with Crippen molar-refractivity contribution in [1.82, 2.24) is 10.1 Å². The minimum Gasteiger partial charge on any atom is -0.497 e. The number of hydrogen-bond acceptors (Lipinski definition) is 6. The summed E-state index contributed by atoms with van der Waals surface area (Å²) in [7, 11) is 3.08. The van der Waals surface area contributed by atoms with Gasteiger partial charge in [0.2, 0.25) is 5.89 Å². The fraction of sp³-hybridized carbons (Fsp3) is 0.500. The second-order valence-corrected chi connectivity index (χ2v) is 6.16. The first kappa shape index (κ1) is 16.5. The number of methoxy groups -OCH3 is 2. The second-order valence-electron chi connectivity index (χ2n) is 6.16. The van der Waals surface area contributed by atoms with Gasteiger partial charge in [-0.15, -0.1) is 0 Å². The number of esters is 1. The minimum atomic E-state index is -0.143. The lowest BCUT2D eigenvalue weighted by Gasteiger charge is -2.24. The van der Waals surface area contributed by atoms with Gasteiger partial charge in [-0.2, -0.15) is 4.98 Å². The van der Waals surface area contributed by atoms with Crippen molar-refractivity contribution in [3.8, 4) is 5.75 Å². The zero-order valence-corrected chi connectivity index (χ0v) is 14.0. The van der Waals surface area contributed by atoms with E-state index in [0.29, 0.717) is 24.6 Å². The van der Waals surface area contributed by atoms with E-state index in [9.17, 15) is 4.79 Å². The molecule has 0 amide bonds. The molecule has 24 heavy (non-hydrogen) atoms. The van der Waals surface area contributed by atoms with Gasteiger partial charge in [-0.05, 0) is 37.0 Å². The lowest BCUT2D eigenvalue weighted by atomic mass is 9.81. The zero-order valence-electron chi connectivity index (χ0n) is 14.0. The predicted octanol–water partition coefficient (Wildman–Crippen LogP) is 3.12. The summed E-state index contributed by atoms with van der Waals surface area (Å²) in [6.07, 6.45) is 4.11. The molecule has 1 aromatic carbocycles. The van der Waals surface area contributed by atoms with E-state index in [-0.39, 0.29) is 17.8 Å². The third-order valence-electron chi connectivity index (χ3n) is 4.54. The van der Waals surface area contributed by atoms with Crippen LogP contribution in [-0.4, -0.2) is 30.3 Å². The molecule has 1 saturated carbocycles. The monoisotopic (exact) mass is 330 g/mol. The predicted molar refractivity (Wildman–Crippen MR) is 86.8 cm³/mol. The van der Waals surface area contributed by atoms with Gasteiger partial charge in [0, 0.05) is 12.3 Å². The summed E-state index contributed by atoms with van der Waals surface area (Å²) in [6, 6.07) is 7.81. The summed E-state index contributed by atoms with van der Waals surface area (Å²) in [5.41, 5.74) is 1.07. The molecule has 2 aromatic rings. The van der Waals surface area contributed by atoms with Crippen molar-refractivity contribution in [2.45, 2.75) is 38.0 Å². The van der Waals surface area contributed by atoms with E-state index >= 15 is 0 Å². The van der Waals surface area contributed by atoms with E-state index in [0.717, 1.165) is 30.6 Å². The Kier molecular flexibility index (Phi) is 5.13. The van der Waals surface area contributed by atoms with Crippen LogP contribution in [0, 0.1) is 5.92 Å². The summed E-state index contributed by atoms with van der Waals surface area (Å²) in [5.74, 6) is 2.01. The van der Waals surface area contributed by atoms with Gasteiger partial charge in [0.25, 0.3) is 0 Å². The molecule has 1 aliphatic rings. The van der Waals surface area contributed by atoms with E-state index in [1.807, 2.05) is 24.3 Å². The minimum absolute atomic E-state index is 0.0671. The van der Waals surface area contributed by atoms with Crippen molar-refractivity contribution in [2.75, 3.05) is 14.2 Å². The van der Waals surface area contributed by atoms with Crippen LogP contribution in [0.2, 0.25) is 0 Å². The van der Waals surface area contributed by atoms with Crippen molar-refractivity contribution >= 4 is 5.97 Å². The highest BCUT2D eigenvalue weighted by atomic mass is 16.5. The Bertz CT molecular complexity index is 698. The van der Waals surface area contributed by atoms with Crippen molar-refractivity contribution in [3.63, 3.8) is 0 Å². The topological polar surface area (TPSA) is 74.5 Å². The van der Waals surface area contributed by atoms with Crippen LogP contribution in [0.4, 0.5) is 0 Å². The van der Waals surface area contributed by atoms with Gasteiger partial charge in [0.15, 0.2) is 5.82 Å². The van der Waals surface area contributed by atoms with E-state index < -0.39 is 0 Å². The van der Waals surface area contributed by atoms with Crippen LogP contribution < -0.4 is 4.74 Å². The van der Waals surface area contributed by atoms with Gasteiger partial charge in [0.05, 0.1) is 20.1 Å². The van der Waals surface area contributed by atoms with Gasteiger partial charge in [-0.25, -0.2) is 0 Å². The van der Waals surface area contributed by atoms with Crippen LogP contribution in [0.3, 0.4) is 0 Å². The third-order valence-corrected chi connectivity index (χ3v) is 4.54. The average molecular weight is 330 g/mol. The van der Waals surface area contributed by atoms with Gasteiger partial charge in [-0.1, -0.05) is 23.7 Å². The van der Waals surface area contributed by atoms with Crippen LogP contribution in [0.5, 0.6) is 5.75 Å². The number of rotatable bonds is 5. The van der Waals surface area contributed by atoms with Gasteiger partial charge >= 0.3 is 5.97 Å². The van der Waals surface area contributed by atoms with Crippen LogP contribution >= 0.6 is 0 Å². The molecule has 6 nitrogen and oxygen atoms in total. The molecule has 6 heteroatoms. The van der Waals surface area contributed by atoms with Crippen LogP contribution in [0.1, 0.15) is 48.9 Å². The lowest BCUT2D eigenvalue weighted by molar-refractivity contribution is -0.146. The summed E-state index contributed by atoms with van der Waals surface area (Å²) in [4.78, 5) is 16.3. The van der Waals surface area contributed by atoms with Crippen LogP contribution in [0.15, 0.2) is 28.8 Å². The van der Waals surface area contributed by atoms with Crippen LogP contribution in [-0.2, 0) is 16.0 Å². The fourth-order valence-electron chi connectivity index (χ4n) is 3.26. The zero-order chi connectivity index (χ0) is 16.9. The summed E-state index contributed by atoms with van der Waals surface area (Å²) in [5, 5.41) is 4.09. The Labute approximate surface area is 141 Å². The molecule has 0 radical (unpaired) electrons. The Morgan fingerprint density at radius 1 is 1.33 bits per heavy atom. The van der Waals surface area contributed by atoms with Crippen molar-refractivity contribution in [1.29, 1.82) is 0 Å². The van der Waals surface area contributed by atoms with E-state index in [2.05, 4.69) is 10.1 Å². The Balaban J connectivity index is 1.67. The molecule has 0 N–H and O–H groups in total. The molecule has 0 spiro atoms. The molecular formula is C18H22N2O4. The first-order valence-electron chi connectivity index (χ1n) is 8.23. The number of carbonyl (C=O) groups excluding carboxylic acids is 1. The molecule has 0 aliphatic heterocycles. The van der Waals surface area contributed by atoms with Crippen LogP contribution in [0.25, 0.3) is 0 Å². The maximum absolute atomic E-state index is 11.7. The molecule has 128 valence electrons. The smallest absolute Gasteiger partial charge is 0.308 e. The highest BCUT2D eigenvalue weighted by molar-refractivity contribution is 5.72. The molecule has 0 bridgehead atoms. The number of carbonyl (C=O) groups is 1. The standard InChI is InChI=1S/C18H22N2O4/c1-22-15-8-3-5-12(9-15)10-16-19-17(24-20-16)13-6-4-7-14(11-13)18(21)23-2/h3,5,8-9,13-14H,4,6-7,10-11H2,1-2H3. The maximum Gasteiger partial charge on any atom is 0.308 e. The number of ether oxygens (including phenoxy) is 2. The molecule has 1 aliphatic carbocycles. The van der Waals surface area contributed by atoms with Gasteiger partial charge < -0.3 is 14.0 Å². The first-order valence-corrected chi connectivity index (χ1v) is 8.23. The summed E-state index contributed by atoms with van der Waals surface area (Å²) >= 11 is 0. The van der Waals surface area contributed by atoms with Crippen molar-refractivity contribution in [3.05, 3.63) is 41.5 Å². The highest BCUT2D eigenvalue weighted by Gasteiger charge is 2.31. The van der Waals surface area contributed by atoms with E-state index in [4.69, 9.17) is 14.0 Å². The number of hydrogen-bond donors (Lipinski definition) is 0. The molecule has 1 heterocycles. The molecule has 2 unspecified atom stereocenters. The Morgan fingerprint density at radius 2 is 2.21 bits per heavy atom. The maximum atomic E-state index is 11.7. The third kappa shape index (κ3) is 3.75. The van der Waals surface area contributed by atoms with Gasteiger partial charge in [-0.3, -0.25) is 4.79 Å². The highest BCUT2D eigenvalue weighted by Crippen LogP contribution is 2.36. The lowest BCUT2D eigenvalue weighted by Crippen LogP contribution is -2.23. The molecule has 1 aromatic heterocycles. The average Bonchev–Trinajstić information content (AvgIpc) is 3.09. The quantitative estimate of drug-likeness (QED) is 0.784. The van der Waals surface area contributed by atoms with E-state index in [1.54, 1.807) is 7.11 Å². The first-order chi connectivity index (χ1) is 11.7. The second kappa shape index (κ2) is 7.47. The normalized spacial score (nSPS) is 20.6. The number of aromatic nitrogens is 2. The molecule has 2 atom stereocenters. The number of benzene rings is 1. The van der Waals surface area contributed by atoms with E-state index in [1.165, 1.54) is 7.11 Å². The van der Waals surface area contributed by atoms with Crippen molar-refractivity contribution < 1.29 is 18.8 Å². The summed E-state index contributed by atoms with van der Waals surface area (Å²) in [6.45, 7) is 0. The van der Waals surface area contributed by atoms with Crippen molar-refractivity contribution in [2.24, 2.45) is 5.92 Å². The molecule has 1 fully saturated rings. The largest absolute Gasteiger partial charge is 0.497 e. The fourth-order valence-corrected chi connectivity index (χ4v) is 3.26. The SMILES string of the molecule is COC(=O)C1CCCC(c2nc(Cc3cccc(OC)c3)no2)C1.